The summed E-state index contributed by atoms with van der Waals surface area (Å²) in [4.78, 5) is 58.9. The number of likely N-dealkylation sites (tertiary alicyclic amines) is 1. The molecule has 47 heavy (non-hydrogen) atoms. The van der Waals surface area contributed by atoms with Gasteiger partial charge in [-0.25, -0.2) is 0 Å². The highest BCUT2D eigenvalue weighted by atomic mass is 16.6. The molecule has 10 heteroatoms. The number of amides is 3. The van der Waals surface area contributed by atoms with Crippen LogP contribution in [0.3, 0.4) is 0 Å². The van der Waals surface area contributed by atoms with E-state index < -0.39 is 47.2 Å². The third-order valence-corrected chi connectivity index (χ3v) is 9.62. The fourth-order valence-corrected chi connectivity index (χ4v) is 8.13. The van der Waals surface area contributed by atoms with Gasteiger partial charge in [-0.3, -0.25) is 19.2 Å². The molecule has 2 N–H and O–H groups in total. The number of allylic oxidation sites excluding steroid dienone is 1. The average molecular weight is 652 g/mol. The minimum Gasteiger partial charge on any atom is -0.455 e. The fraction of sp³-hybridized carbons (Fsp3) is 0.622. The van der Waals surface area contributed by atoms with E-state index in [-0.39, 0.29) is 62.2 Å². The van der Waals surface area contributed by atoms with Crippen LogP contribution in [0.2, 0.25) is 0 Å². The number of esters is 1. The third kappa shape index (κ3) is 7.64. The van der Waals surface area contributed by atoms with E-state index in [2.05, 4.69) is 39.2 Å². The molecule has 1 aromatic rings. The molecule has 1 aromatic carbocycles. The van der Waals surface area contributed by atoms with Crippen LogP contribution < -0.4 is 5.32 Å². The van der Waals surface area contributed by atoms with Gasteiger partial charge in [0.05, 0.1) is 24.5 Å². The number of benzene rings is 1. The first kappa shape index (κ1) is 36.3. The zero-order valence-corrected chi connectivity index (χ0v) is 28.7. The van der Waals surface area contributed by atoms with Crippen molar-refractivity contribution in [3.63, 3.8) is 0 Å². The van der Waals surface area contributed by atoms with Gasteiger partial charge in [0.2, 0.25) is 17.7 Å². The molecular formula is C37H53N3O7. The predicted molar refractivity (Wildman–Crippen MR) is 179 cm³/mol. The van der Waals surface area contributed by atoms with Crippen molar-refractivity contribution >= 4 is 23.7 Å². The van der Waals surface area contributed by atoms with Crippen LogP contribution in [-0.4, -0.2) is 88.1 Å². The van der Waals surface area contributed by atoms with Crippen molar-refractivity contribution in [2.24, 2.45) is 17.3 Å². The van der Waals surface area contributed by atoms with E-state index in [1.54, 1.807) is 17.1 Å². The Bertz CT molecular complexity index is 1320. The Morgan fingerprint density at radius 2 is 1.87 bits per heavy atom. The van der Waals surface area contributed by atoms with Gasteiger partial charge in [-0.15, -0.1) is 13.2 Å². The highest BCUT2D eigenvalue weighted by Gasteiger charge is 2.75. The highest BCUT2D eigenvalue weighted by molar-refractivity contribution is 5.98. The van der Waals surface area contributed by atoms with Gasteiger partial charge in [0, 0.05) is 31.7 Å². The van der Waals surface area contributed by atoms with Gasteiger partial charge in [0.1, 0.15) is 17.7 Å². The molecule has 1 spiro atoms. The summed E-state index contributed by atoms with van der Waals surface area (Å²) >= 11 is 0. The molecule has 3 heterocycles. The second-order valence-electron chi connectivity index (χ2n) is 14.9. The number of carbonyl (C=O) groups excluding carboxylic acids is 4. The number of ether oxygens (including phenoxy) is 2. The Morgan fingerprint density at radius 1 is 1.17 bits per heavy atom. The summed E-state index contributed by atoms with van der Waals surface area (Å²) in [6, 6.07) is 8.21. The molecule has 0 aromatic heterocycles. The molecule has 0 unspecified atom stereocenters. The third-order valence-electron chi connectivity index (χ3n) is 9.62. The Hall–Kier alpha value is -3.50. The molecule has 0 aliphatic carbocycles. The van der Waals surface area contributed by atoms with E-state index in [9.17, 15) is 24.3 Å². The molecule has 0 radical (unpaired) electrons. The lowest BCUT2D eigenvalue weighted by atomic mass is 9.70. The number of aliphatic hydroxyl groups excluding tert-OH is 1. The molecule has 3 saturated heterocycles. The molecule has 4 rings (SSSR count). The predicted octanol–water partition coefficient (Wildman–Crippen LogP) is 4.34. The standard InChI is InChI=1S/C37H53N3O7/c1-8-10-17-28(42)38-23-27(25-15-12-11-13-16-25)46-34(45)29-26-18-19-37(47-26)30(29)32(43)39(21-14-22-41)31(37)33(44)40(20-9-2)36(6,7)24-35(3,4)5/h8-9,11-13,15-16,26-27,29-31,41H,1-2,10,14,17-24H2,3-7H3,(H,38,42)/t26-,27-,29+,30+,31-,37+/m1/s1. The first-order valence-electron chi connectivity index (χ1n) is 16.9. The van der Waals surface area contributed by atoms with Crippen molar-refractivity contribution in [2.45, 2.75) is 103 Å². The summed E-state index contributed by atoms with van der Waals surface area (Å²) in [5.74, 6) is -3.17. The fourth-order valence-electron chi connectivity index (χ4n) is 8.13. The molecule has 2 bridgehead atoms. The zero-order valence-electron chi connectivity index (χ0n) is 28.7. The van der Waals surface area contributed by atoms with Crippen LogP contribution in [-0.2, 0) is 28.7 Å². The van der Waals surface area contributed by atoms with Gasteiger partial charge in [-0.1, -0.05) is 63.3 Å². The van der Waals surface area contributed by atoms with Gasteiger partial charge >= 0.3 is 5.97 Å². The van der Waals surface area contributed by atoms with Crippen LogP contribution in [0.15, 0.2) is 55.6 Å². The van der Waals surface area contributed by atoms with E-state index in [0.29, 0.717) is 31.2 Å². The second kappa shape index (κ2) is 14.7. The molecule has 3 fully saturated rings. The summed E-state index contributed by atoms with van der Waals surface area (Å²) in [7, 11) is 0. The van der Waals surface area contributed by atoms with Crippen LogP contribution >= 0.6 is 0 Å². The van der Waals surface area contributed by atoms with E-state index >= 15 is 0 Å². The number of hydrogen-bond donors (Lipinski definition) is 2. The van der Waals surface area contributed by atoms with Gasteiger partial charge in [0.25, 0.3) is 0 Å². The minimum atomic E-state index is -1.20. The average Bonchev–Trinajstić information content (AvgIpc) is 3.65. The Kier molecular flexibility index (Phi) is 11.4. The number of nitrogens with one attached hydrogen (secondary N) is 1. The van der Waals surface area contributed by atoms with Crippen LogP contribution in [0.5, 0.6) is 0 Å². The van der Waals surface area contributed by atoms with Crippen molar-refractivity contribution in [2.75, 3.05) is 26.2 Å². The summed E-state index contributed by atoms with van der Waals surface area (Å²) in [6.07, 6.45) is 4.73. The van der Waals surface area contributed by atoms with Crippen molar-refractivity contribution in [1.29, 1.82) is 0 Å². The quantitative estimate of drug-likeness (QED) is 0.201. The number of aliphatic hydroxyl groups is 1. The molecular weight excluding hydrogens is 598 g/mol. The molecule has 258 valence electrons. The van der Waals surface area contributed by atoms with Gasteiger partial charge in [-0.05, 0) is 56.9 Å². The molecule has 3 aliphatic heterocycles. The van der Waals surface area contributed by atoms with Crippen molar-refractivity contribution in [3.05, 3.63) is 61.2 Å². The van der Waals surface area contributed by atoms with Crippen LogP contribution in [0.25, 0.3) is 0 Å². The minimum absolute atomic E-state index is 0.0663. The monoisotopic (exact) mass is 651 g/mol. The SMILES string of the molecule is C=CCCC(=O)NC[C@@H](OC(=O)[C@@H]1[C@H]2C(=O)N(CCCO)[C@H](C(=O)N(CC=C)C(C)(C)CC(C)(C)C)[C@]23CC[C@H]1O3)c1ccccc1. The summed E-state index contributed by atoms with van der Waals surface area (Å²) in [6.45, 7) is 18.4. The number of rotatable bonds is 16. The van der Waals surface area contributed by atoms with Crippen molar-refractivity contribution < 1.29 is 33.8 Å². The van der Waals surface area contributed by atoms with Gasteiger partial charge in [0.15, 0.2) is 0 Å². The van der Waals surface area contributed by atoms with Gasteiger partial charge in [-0.2, -0.15) is 0 Å². The Morgan fingerprint density at radius 3 is 2.49 bits per heavy atom. The molecule has 3 amide bonds. The number of carbonyl (C=O) groups is 4. The molecule has 3 aliphatic rings. The van der Waals surface area contributed by atoms with Gasteiger partial charge < -0.3 is 29.7 Å². The van der Waals surface area contributed by atoms with E-state index in [1.165, 1.54) is 4.90 Å². The molecule has 6 atom stereocenters. The number of hydrogen-bond acceptors (Lipinski definition) is 7. The summed E-state index contributed by atoms with van der Waals surface area (Å²) in [5.41, 5.74) is -1.14. The van der Waals surface area contributed by atoms with Crippen molar-refractivity contribution in [3.8, 4) is 0 Å². The van der Waals surface area contributed by atoms with Crippen LogP contribution in [0.1, 0.15) is 84.8 Å². The van der Waals surface area contributed by atoms with Crippen molar-refractivity contribution in [1.82, 2.24) is 15.1 Å². The first-order chi connectivity index (χ1) is 22.2. The van der Waals surface area contributed by atoms with E-state index in [1.807, 2.05) is 44.2 Å². The summed E-state index contributed by atoms with van der Waals surface area (Å²) in [5, 5.41) is 12.6. The lowest BCUT2D eigenvalue weighted by Crippen LogP contribution is -2.61. The maximum atomic E-state index is 14.8. The number of nitrogens with zero attached hydrogens (tertiary/aromatic N) is 2. The lowest BCUT2D eigenvalue weighted by molar-refractivity contribution is -0.160. The topological polar surface area (TPSA) is 125 Å². The second-order valence-corrected chi connectivity index (χ2v) is 14.9. The Balaban J connectivity index is 1.66. The lowest BCUT2D eigenvalue weighted by Gasteiger charge is -2.45. The normalized spacial score (nSPS) is 25.7. The largest absolute Gasteiger partial charge is 0.455 e. The van der Waals surface area contributed by atoms with Crippen LogP contribution in [0, 0.1) is 17.3 Å². The maximum absolute atomic E-state index is 14.8. The molecule has 0 saturated carbocycles. The van der Waals surface area contributed by atoms with Crippen LogP contribution in [0.4, 0.5) is 0 Å². The highest BCUT2D eigenvalue weighted by Crippen LogP contribution is 2.59. The van der Waals surface area contributed by atoms with E-state index in [0.717, 1.165) is 0 Å². The number of fused-ring (bicyclic) bond motifs is 1. The summed E-state index contributed by atoms with van der Waals surface area (Å²) < 4.78 is 12.7. The smallest absolute Gasteiger partial charge is 0.313 e. The first-order valence-corrected chi connectivity index (χ1v) is 16.9. The molecule has 10 nitrogen and oxygen atoms in total. The zero-order chi connectivity index (χ0) is 34.6. The maximum Gasteiger partial charge on any atom is 0.313 e. The Labute approximate surface area is 279 Å². The van der Waals surface area contributed by atoms with E-state index in [4.69, 9.17) is 9.47 Å².